The van der Waals surface area contributed by atoms with Gasteiger partial charge in [0.25, 0.3) is 0 Å². The van der Waals surface area contributed by atoms with Gasteiger partial charge in [0.05, 0.1) is 4.90 Å². The van der Waals surface area contributed by atoms with E-state index in [1.54, 1.807) is 35.2 Å². The third-order valence-electron chi connectivity index (χ3n) is 4.51. The first-order valence-corrected chi connectivity index (χ1v) is 10.7. The largest absolute Gasteiger partial charge is 0.326 e. The van der Waals surface area contributed by atoms with Gasteiger partial charge in [-0.1, -0.05) is 18.2 Å². The summed E-state index contributed by atoms with van der Waals surface area (Å²) in [4.78, 5) is 26.1. The van der Waals surface area contributed by atoms with Crippen molar-refractivity contribution in [3.05, 3.63) is 54.1 Å². The molecule has 142 valence electrons. The fourth-order valence-corrected chi connectivity index (χ4v) is 3.69. The molecule has 1 saturated heterocycles. The molecule has 0 spiro atoms. The first-order chi connectivity index (χ1) is 12.8. The number of carbonyl (C=O) groups is 2. The highest BCUT2D eigenvalue weighted by Crippen LogP contribution is 2.24. The Labute approximate surface area is 159 Å². The lowest BCUT2D eigenvalue weighted by Gasteiger charge is -2.16. The second kappa shape index (κ2) is 7.92. The van der Waals surface area contributed by atoms with Gasteiger partial charge < -0.3 is 10.2 Å². The predicted molar refractivity (Wildman–Crippen MR) is 105 cm³/mol. The highest BCUT2D eigenvalue weighted by molar-refractivity contribution is 7.90. The lowest BCUT2D eigenvalue weighted by molar-refractivity contribution is -0.117. The van der Waals surface area contributed by atoms with Crippen molar-refractivity contribution in [1.82, 2.24) is 0 Å². The molecule has 6 nitrogen and oxygen atoms in total. The fourth-order valence-electron chi connectivity index (χ4n) is 3.06. The molecular formula is C20H22N2O4S. The number of amides is 2. The molecule has 0 radical (unpaired) electrons. The molecule has 1 aliphatic rings. The van der Waals surface area contributed by atoms with E-state index in [0.29, 0.717) is 25.1 Å². The number of carbonyl (C=O) groups excluding carboxylic acids is 2. The summed E-state index contributed by atoms with van der Waals surface area (Å²) in [5.41, 5.74) is 2.35. The lowest BCUT2D eigenvalue weighted by atomic mass is 10.1. The van der Waals surface area contributed by atoms with E-state index in [-0.39, 0.29) is 23.1 Å². The molecule has 7 heteroatoms. The van der Waals surface area contributed by atoms with Crippen molar-refractivity contribution in [3.8, 4) is 0 Å². The van der Waals surface area contributed by atoms with E-state index in [9.17, 15) is 18.0 Å². The van der Waals surface area contributed by atoms with Gasteiger partial charge in [-0.15, -0.1) is 0 Å². The molecule has 2 amide bonds. The number of sulfone groups is 1. The van der Waals surface area contributed by atoms with Crippen LogP contribution in [-0.2, 0) is 25.8 Å². The molecule has 0 aliphatic carbocycles. The average Bonchev–Trinajstić information content (AvgIpc) is 3.06. The molecule has 0 aromatic heterocycles. The van der Waals surface area contributed by atoms with Crippen LogP contribution in [0, 0.1) is 0 Å². The van der Waals surface area contributed by atoms with Crippen molar-refractivity contribution >= 4 is 33.0 Å². The van der Waals surface area contributed by atoms with Crippen LogP contribution < -0.4 is 10.2 Å². The van der Waals surface area contributed by atoms with Crippen molar-refractivity contribution in [2.24, 2.45) is 0 Å². The standard InChI is InChI=1S/C20H22N2O4S/c1-27(25,26)18-10-7-15(8-11-18)9-12-19(23)21-16-4-2-5-17(14-16)22-13-3-6-20(22)24/h2,4-5,7-8,10-11,14H,3,6,9,12-13H2,1H3,(H,21,23). The number of hydrogen-bond acceptors (Lipinski definition) is 4. The Kier molecular flexibility index (Phi) is 5.60. The second-order valence-electron chi connectivity index (χ2n) is 6.66. The van der Waals surface area contributed by atoms with Crippen molar-refractivity contribution < 1.29 is 18.0 Å². The third kappa shape index (κ3) is 4.95. The number of nitrogens with one attached hydrogen (secondary N) is 1. The smallest absolute Gasteiger partial charge is 0.227 e. The molecule has 27 heavy (non-hydrogen) atoms. The van der Waals surface area contributed by atoms with Gasteiger partial charge in [0, 0.05) is 37.0 Å². The van der Waals surface area contributed by atoms with E-state index in [2.05, 4.69) is 5.32 Å². The van der Waals surface area contributed by atoms with Gasteiger partial charge in [-0.25, -0.2) is 8.42 Å². The molecule has 0 bridgehead atoms. The molecule has 0 atom stereocenters. The van der Waals surface area contributed by atoms with Crippen LogP contribution in [0.3, 0.4) is 0 Å². The zero-order valence-electron chi connectivity index (χ0n) is 15.1. The maximum Gasteiger partial charge on any atom is 0.227 e. The van der Waals surface area contributed by atoms with Crippen molar-refractivity contribution in [3.63, 3.8) is 0 Å². The van der Waals surface area contributed by atoms with Gasteiger partial charge in [-0.05, 0) is 48.7 Å². The molecule has 0 saturated carbocycles. The summed E-state index contributed by atoms with van der Waals surface area (Å²) in [6.07, 6.45) is 3.38. The summed E-state index contributed by atoms with van der Waals surface area (Å²) in [7, 11) is -3.21. The summed E-state index contributed by atoms with van der Waals surface area (Å²) in [6, 6.07) is 13.8. The summed E-state index contributed by atoms with van der Waals surface area (Å²) >= 11 is 0. The SMILES string of the molecule is CS(=O)(=O)c1ccc(CCC(=O)Nc2cccc(N3CCCC3=O)c2)cc1. The zero-order valence-corrected chi connectivity index (χ0v) is 16.0. The minimum Gasteiger partial charge on any atom is -0.326 e. The molecule has 0 unspecified atom stereocenters. The number of nitrogens with zero attached hydrogens (tertiary/aromatic N) is 1. The number of anilines is 2. The van der Waals surface area contributed by atoms with Gasteiger partial charge in [0.2, 0.25) is 11.8 Å². The van der Waals surface area contributed by atoms with Crippen LogP contribution in [0.2, 0.25) is 0 Å². The zero-order chi connectivity index (χ0) is 19.4. The number of aryl methyl sites for hydroxylation is 1. The first kappa shape index (κ1) is 19.1. The van der Waals surface area contributed by atoms with E-state index >= 15 is 0 Å². The summed E-state index contributed by atoms with van der Waals surface area (Å²) in [5.74, 6) is -0.0249. The van der Waals surface area contributed by atoms with E-state index in [1.807, 2.05) is 18.2 Å². The minimum atomic E-state index is -3.21. The fraction of sp³-hybridized carbons (Fsp3) is 0.300. The lowest BCUT2D eigenvalue weighted by Crippen LogP contribution is -2.23. The molecule has 1 aliphatic heterocycles. The molecule has 1 N–H and O–H groups in total. The minimum absolute atomic E-state index is 0.107. The summed E-state index contributed by atoms with van der Waals surface area (Å²) in [5, 5.41) is 2.85. The van der Waals surface area contributed by atoms with Crippen LogP contribution in [0.1, 0.15) is 24.8 Å². The highest BCUT2D eigenvalue weighted by atomic mass is 32.2. The van der Waals surface area contributed by atoms with Crippen LogP contribution in [0.15, 0.2) is 53.4 Å². The number of hydrogen-bond donors (Lipinski definition) is 1. The normalized spacial score (nSPS) is 14.4. The van der Waals surface area contributed by atoms with E-state index in [1.165, 1.54) is 6.26 Å². The maximum atomic E-state index is 12.2. The van der Waals surface area contributed by atoms with Crippen molar-refractivity contribution in [2.75, 3.05) is 23.0 Å². The predicted octanol–water partition coefficient (Wildman–Crippen LogP) is 2.79. The quantitative estimate of drug-likeness (QED) is 0.827. The van der Waals surface area contributed by atoms with Gasteiger partial charge >= 0.3 is 0 Å². The Morgan fingerprint density at radius 3 is 2.52 bits per heavy atom. The van der Waals surface area contributed by atoms with Gasteiger partial charge in [0.1, 0.15) is 0 Å². The van der Waals surface area contributed by atoms with Gasteiger partial charge in [-0.2, -0.15) is 0 Å². The van der Waals surface area contributed by atoms with Crippen molar-refractivity contribution in [2.45, 2.75) is 30.6 Å². The maximum absolute atomic E-state index is 12.2. The van der Waals surface area contributed by atoms with Crippen LogP contribution in [0.5, 0.6) is 0 Å². The van der Waals surface area contributed by atoms with E-state index in [4.69, 9.17) is 0 Å². The van der Waals surface area contributed by atoms with Crippen LogP contribution in [0.4, 0.5) is 11.4 Å². The molecule has 1 heterocycles. The molecule has 2 aromatic rings. The first-order valence-electron chi connectivity index (χ1n) is 8.82. The topological polar surface area (TPSA) is 83.6 Å². The average molecular weight is 386 g/mol. The second-order valence-corrected chi connectivity index (χ2v) is 8.68. The van der Waals surface area contributed by atoms with Gasteiger partial charge in [-0.3, -0.25) is 9.59 Å². The highest BCUT2D eigenvalue weighted by Gasteiger charge is 2.21. The number of rotatable bonds is 6. The Balaban J connectivity index is 1.57. The number of benzene rings is 2. The molecule has 3 rings (SSSR count). The van der Waals surface area contributed by atoms with Crippen LogP contribution in [-0.4, -0.2) is 33.0 Å². The Morgan fingerprint density at radius 2 is 1.89 bits per heavy atom. The molecule has 2 aromatic carbocycles. The Morgan fingerprint density at radius 1 is 1.15 bits per heavy atom. The van der Waals surface area contributed by atoms with Crippen LogP contribution in [0.25, 0.3) is 0 Å². The Bertz CT molecular complexity index is 952. The van der Waals surface area contributed by atoms with Crippen molar-refractivity contribution in [1.29, 1.82) is 0 Å². The third-order valence-corrected chi connectivity index (χ3v) is 5.64. The Hall–Kier alpha value is -2.67. The van der Waals surface area contributed by atoms with Crippen LogP contribution >= 0.6 is 0 Å². The molecular weight excluding hydrogens is 364 g/mol. The van der Waals surface area contributed by atoms with E-state index in [0.717, 1.165) is 17.7 Å². The van der Waals surface area contributed by atoms with Gasteiger partial charge in [0.15, 0.2) is 9.84 Å². The van der Waals surface area contributed by atoms with E-state index < -0.39 is 9.84 Å². The summed E-state index contributed by atoms with van der Waals surface area (Å²) in [6.45, 7) is 0.708. The monoisotopic (exact) mass is 386 g/mol. The summed E-state index contributed by atoms with van der Waals surface area (Å²) < 4.78 is 22.9. The molecule has 1 fully saturated rings.